The van der Waals surface area contributed by atoms with Crippen LogP contribution in [0.1, 0.15) is 17.1 Å². The highest BCUT2D eigenvalue weighted by atomic mass is 16.5. The number of fused-ring (bicyclic) bond motifs is 2. The Bertz CT molecular complexity index is 760. The molecule has 2 aromatic heterocycles. The van der Waals surface area contributed by atoms with Crippen molar-refractivity contribution in [1.82, 2.24) is 0 Å². The lowest BCUT2D eigenvalue weighted by atomic mass is 10.0. The van der Waals surface area contributed by atoms with E-state index in [9.17, 15) is 0 Å². The summed E-state index contributed by atoms with van der Waals surface area (Å²) in [5.74, 6) is 2.24. The van der Waals surface area contributed by atoms with Crippen LogP contribution in [0.25, 0.3) is 21.9 Å². The van der Waals surface area contributed by atoms with Gasteiger partial charge in [0, 0.05) is 10.9 Å². The van der Waals surface area contributed by atoms with Crippen LogP contribution in [0, 0.1) is 25.2 Å². The van der Waals surface area contributed by atoms with Crippen LogP contribution in [0.3, 0.4) is 0 Å². The second-order valence-corrected chi connectivity index (χ2v) is 4.55. The third-order valence-corrected chi connectivity index (χ3v) is 3.22. The molecule has 2 heterocycles. The van der Waals surface area contributed by atoms with Crippen molar-refractivity contribution in [1.29, 1.82) is 5.26 Å². The van der Waals surface area contributed by atoms with Crippen molar-refractivity contribution in [3.8, 4) is 11.8 Å². The molecule has 4 heteroatoms. The number of rotatable bonds is 2. The van der Waals surface area contributed by atoms with Gasteiger partial charge in [-0.05, 0) is 26.0 Å². The topological polar surface area (TPSA) is 59.3 Å². The van der Waals surface area contributed by atoms with E-state index in [-0.39, 0.29) is 6.42 Å². The zero-order valence-electron chi connectivity index (χ0n) is 11.0. The fourth-order valence-electron chi connectivity index (χ4n) is 2.52. The van der Waals surface area contributed by atoms with E-state index < -0.39 is 0 Å². The van der Waals surface area contributed by atoms with Gasteiger partial charge in [-0.3, -0.25) is 0 Å². The molecule has 0 radical (unpaired) electrons. The number of methoxy groups -OCH3 is 1. The highest BCUT2D eigenvalue weighted by molar-refractivity contribution is 6.04. The fraction of sp³-hybridized carbons (Fsp3) is 0.267. The minimum atomic E-state index is 0.281. The first-order chi connectivity index (χ1) is 9.15. The number of ether oxygens (including phenoxy) is 1. The minimum Gasteiger partial charge on any atom is -0.492 e. The van der Waals surface area contributed by atoms with Crippen molar-refractivity contribution < 1.29 is 13.6 Å². The summed E-state index contributed by atoms with van der Waals surface area (Å²) in [5.41, 5.74) is 2.25. The number of nitriles is 1. The summed E-state index contributed by atoms with van der Waals surface area (Å²) in [6, 6.07) is 6.01. The number of hydrogen-bond donors (Lipinski definition) is 0. The van der Waals surface area contributed by atoms with Crippen molar-refractivity contribution in [2.75, 3.05) is 7.11 Å². The molecule has 0 saturated carbocycles. The molecule has 4 nitrogen and oxygen atoms in total. The van der Waals surface area contributed by atoms with E-state index in [0.717, 1.165) is 27.9 Å². The molecule has 3 rings (SSSR count). The maximum absolute atomic E-state index is 9.03. The average molecular weight is 255 g/mol. The summed E-state index contributed by atoms with van der Waals surface area (Å²) in [4.78, 5) is 0. The predicted octanol–water partition coefficient (Wildman–Crippen LogP) is 3.87. The highest BCUT2D eigenvalue weighted by Gasteiger charge is 2.20. The van der Waals surface area contributed by atoms with Crippen molar-refractivity contribution in [3.63, 3.8) is 0 Å². The minimum absolute atomic E-state index is 0.281. The number of aryl methyl sites for hydroxylation is 2. The van der Waals surface area contributed by atoms with Crippen molar-refractivity contribution in [3.05, 3.63) is 29.2 Å². The van der Waals surface area contributed by atoms with Crippen LogP contribution in [0.15, 0.2) is 21.0 Å². The second-order valence-electron chi connectivity index (χ2n) is 4.55. The van der Waals surface area contributed by atoms with Crippen LogP contribution in [-0.4, -0.2) is 7.11 Å². The summed E-state index contributed by atoms with van der Waals surface area (Å²) in [6.07, 6.45) is 0.281. The quantitative estimate of drug-likeness (QED) is 0.697. The lowest BCUT2D eigenvalue weighted by Gasteiger charge is -2.05. The number of benzene rings is 1. The summed E-state index contributed by atoms with van der Waals surface area (Å²) in [7, 11) is 1.61. The first-order valence-electron chi connectivity index (χ1n) is 6.01. The van der Waals surface area contributed by atoms with Gasteiger partial charge in [0.25, 0.3) is 0 Å². The maximum atomic E-state index is 9.03. The van der Waals surface area contributed by atoms with Gasteiger partial charge < -0.3 is 13.6 Å². The van der Waals surface area contributed by atoms with Crippen molar-refractivity contribution >= 4 is 21.9 Å². The molecule has 0 bridgehead atoms. The molecule has 1 aromatic carbocycles. The average Bonchev–Trinajstić information content (AvgIpc) is 2.92. The smallest absolute Gasteiger partial charge is 0.177 e. The van der Waals surface area contributed by atoms with Crippen LogP contribution in [0.5, 0.6) is 5.75 Å². The second kappa shape index (κ2) is 4.06. The summed E-state index contributed by atoms with van der Waals surface area (Å²) in [6.45, 7) is 3.76. The Morgan fingerprint density at radius 3 is 2.37 bits per heavy atom. The van der Waals surface area contributed by atoms with Crippen molar-refractivity contribution in [2.45, 2.75) is 20.3 Å². The molecule has 0 unspecified atom stereocenters. The largest absolute Gasteiger partial charge is 0.492 e. The molecule has 19 heavy (non-hydrogen) atoms. The highest BCUT2D eigenvalue weighted by Crippen LogP contribution is 2.41. The third kappa shape index (κ3) is 1.59. The molecule has 0 N–H and O–H groups in total. The molecular formula is C15H13NO3. The summed E-state index contributed by atoms with van der Waals surface area (Å²) >= 11 is 0. The molecule has 96 valence electrons. The first kappa shape index (κ1) is 11.7. The Morgan fingerprint density at radius 2 is 1.74 bits per heavy atom. The molecule has 0 saturated heterocycles. The number of nitrogens with zero attached hydrogens (tertiary/aromatic N) is 1. The monoisotopic (exact) mass is 255 g/mol. The molecular weight excluding hydrogens is 242 g/mol. The van der Waals surface area contributed by atoms with Gasteiger partial charge in [0.1, 0.15) is 17.1 Å². The zero-order chi connectivity index (χ0) is 13.6. The standard InChI is InChI=1S/C15H13NO3/c1-8-6-11-10(4-5-16)13-12(7-9(2)18-13)14(17-3)15(11)19-8/h6-7H,4H2,1-3H3. The Hall–Kier alpha value is -2.41. The molecule has 0 aliphatic carbocycles. The van der Waals surface area contributed by atoms with Gasteiger partial charge in [-0.15, -0.1) is 0 Å². The normalized spacial score (nSPS) is 11.1. The van der Waals surface area contributed by atoms with Crippen LogP contribution in [-0.2, 0) is 6.42 Å². The zero-order valence-corrected chi connectivity index (χ0v) is 11.0. The van der Waals surface area contributed by atoms with E-state index in [0.29, 0.717) is 16.9 Å². The van der Waals surface area contributed by atoms with E-state index in [2.05, 4.69) is 6.07 Å². The summed E-state index contributed by atoms with van der Waals surface area (Å²) in [5, 5.41) is 10.8. The Balaban J connectivity index is 2.56. The molecule has 0 atom stereocenters. The van der Waals surface area contributed by atoms with Gasteiger partial charge in [-0.2, -0.15) is 5.26 Å². The van der Waals surface area contributed by atoms with Gasteiger partial charge >= 0.3 is 0 Å². The van der Waals surface area contributed by atoms with E-state index in [4.69, 9.17) is 18.8 Å². The molecule has 3 aromatic rings. The van der Waals surface area contributed by atoms with Gasteiger partial charge in [0.15, 0.2) is 11.3 Å². The molecule has 0 spiro atoms. The Kier molecular flexibility index (Phi) is 2.49. The van der Waals surface area contributed by atoms with Gasteiger partial charge in [0.05, 0.1) is 25.0 Å². The number of furan rings is 2. The van der Waals surface area contributed by atoms with E-state index >= 15 is 0 Å². The maximum Gasteiger partial charge on any atom is 0.177 e. The van der Waals surface area contributed by atoms with E-state index in [1.54, 1.807) is 7.11 Å². The van der Waals surface area contributed by atoms with Gasteiger partial charge in [-0.25, -0.2) is 0 Å². The van der Waals surface area contributed by atoms with E-state index in [1.807, 2.05) is 26.0 Å². The van der Waals surface area contributed by atoms with Crippen molar-refractivity contribution in [2.24, 2.45) is 0 Å². The number of hydrogen-bond acceptors (Lipinski definition) is 4. The van der Waals surface area contributed by atoms with Gasteiger partial charge in [-0.1, -0.05) is 0 Å². The SMILES string of the molecule is COc1c2cc(C)oc2c(CC#N)c2cc(C)oc12. The van der Waals surface area contributed by atoms with Crippen LogP contribution in [0.4, 0.5) is 0 Å². The lowest BCUT2D eigenvalue weighted by Crippen LogP contribution is -1.89. The fourth-order valence-corrected chi connectivity index (χ4v) is 2.52. The molecule has 0 amide bonds. The van der Waals surface area contributed by atoms with E-state index in [1.165, 1.54) is 0 Å². The molecule has 0 aliphatic heterocycles. The lowest BCUT2D eigenvalue weighted by molar-refractivity contribution is 0.413. The van der Waals surface area contributed by atoms with Crippen LogP contribution in [0.2, 0.25) is 0 Å². The Labute approximate surface area is 110 Å². The van der Waals surface area contributed by atoms with Gasteiger partial charge in [0.2, 0.25) is 0 Å². The molecule has 0 aliphatic rings. The first-order valence-corrected chi connectivity index (χ1v) is 6.01. The Morgan fingerprint density at radius 1 is 1.11 bits per heavy atom. The van der Waals surface area contributed by atoms with Crippen LogP contribution < -0.4 is 4.74 Å². The van der Waals surface area contributed by atoms with Crippen LogP contribution >= 0.6 is 0 Å². The molecule has 0 fully saturated rings. The summed E-state index contributed by atoms with van der Waals surface area (Å²) < 4.78 is 16.9. The predicted molar refractivity (Wildman–Crippen MR) is 71.3 cm³/mol. The third-order valence-electron chi connectivity index (χ3n) is 3.22.